The van der Waals surface area contributed by atoms with Crippen LogP contribution in [0, 0.1) is 11.8 Å². The standard InChI is InChI=1S/C23H35N7O4/c1-30(25)19(13-27-23-28-20(34-29-23)10-7-14-5-6-14)21(24)18-9-8-17(12-26-18)33-16-4-2-3-15(11-16)22(31)32/h8-9,12,14-16,20H,2-7,10-11,13,24-25H2,1H3,(H,31,32)(H2,27,28,29)/b21-19-/t15-,16?,20?/m0/s1. The molecule has 4 rings (SSSR count). The van der Waals surface area contributed by atoms with Crippen LogP contribution in [0.25, 0.3) is 5.70 Å². The van der Waals surface area contributed by atoms with E-state index >= 15 is 0 Å². The highest BCUT2D eigenvalue weighted by molar-refractivity contribution is 5.80. The molecule has 0 amide bonds. The molecule has 0 bridgehead atoms. The molecule has 1 aromatic rings. The minimum atomic E-state index is -0.759. The number of carboxylic acid groups (broad SMARTS) is 1. The van der Waals surface area contributed by atoms with Crippen LogP contribution in [0.4, 0.5) is 0 Å². The minimum absolute atomic E-state index is 0.0797. The summed E-state index contributed by atoms with van der Waals surface area (Å²) < 4.78 is 5.97. The van der Waals surface area contributed by atoms with Crippen LogP contribution in [-0.2, 0) is 9.63 Å². The van der Waals surface area contributed by atoms with Crippen molar-refractivity contribution in [3.63, 3.8) is 0 Å². The molecule has 0 spiro atoms. The maximum Gasteiger partial charge on any atom is 0.306 e. The average molecular weight is 474 g/mol. The van der Waals surface area contributed by atoms with E-state index < -0.39 is 5.97 Å². The Kier molecular flexibility index (Phi) is 7.73. The number of carbonyl (C=O) groups is 1. The van der Waals surface area contributed by atoms with Crippen LogP contribution < -0.4 is 27.1 Å². The summed E-state index contributed by atoms with van der Waals surface area (Å²) in [7, 11) is 1.70. The fraction of sp³-hybridized carbons (Fsp3) is 0.609. The maximum absolute atomic E-state index is 11.3. The average Bonchev–Trinajstić information content (AvgIpc) is 3.55. The number of nitrogens with zero attached hydrogens (tertiary/aromatic N) is 3. The number of nitrogens with two attached hydrogens (primary N) is 2. The summed E-state index contributed by atoms with van der Waals surface area (Å²) in [6.07, 6.45) is 9.02. The molecule has 34 heavy (non-hydrogen) atoms. The van der Waals surface area contributed by atoms with Crippen molar-refractivity contribution in [3.8, 4) is 5.75 Å². The Morgan fingerprint density at radius 3 is 2.82 bits per heavy atom. The molecule has 186 valence electrons. The van der Waals surface area contributed by atoms with Gasteiger partial charge in [-0.3, -0.25) is 9.78 Å². The van der Waals surface area contributed by atoms with Crippen LogP contribution in [0.1, 0.15) is 57.1 Å². The number of hydrogen-bond donors (Lipinski definition) is 5. The minimum Gasteiger partial charge on any atom is -0.489 e. The Morgan fingerprint density at radius 2 is 2.15 bits per heavy atom. The highest BCUT2D eigenvalue weighted by Gasteiger charge is 2.28. The number of ether oxygens (including phenoxy) is 1. The molecule has 2 heterocycles. The molecule has 3 atom stereocenters. The molecule has 1 aromatic heterocycles. The lowest BCUT2D eigenvalue weighted by molar-refractivity contribution is -0.143. The van der Waals surface area contributed by atoms with E-state index in [-0.39, 0.29) is 24.8 Å². The highest BCUT2D eigenvalue weighted by atomic mass is 16.7. The van der Waals surface area contributed by atoms with Gasteiger partial charge >= 0.3 is 5.97 Å². The zero-order chi connectivity index (χ0) is 24.1. The zero-order valence-corrected chi connectivity index (χ0v) is 19.6. The van der Waals surface area contributed by atoms with Crippen LogP contribution in [0.15, 0.2) is 29.0 Å². The lowest BCUT2D eigenvalue weighted by Crippen LogP contribution is -2.32. The summed E-state index contributed by atoms with van der Waals surface area (Å²) in [5.74, 6) is 6.90. The quantitative estimate of drug-likeness (QED) is 0.249. The molecule has 1 aliphatic heterocycles. The van der Waals surface area contributed by atoms with Gasteiger partial charge in [0.2, 0.25) is 5.96 Å². The summed E-state index contributed by atoms with van der Waals surface area (Å²) >= 11 is 0. The summed E-state index contributed by atoms with van der Waals surface area (Å²) in [5, 5.41) is 13.9. The number of nitrogens with one attached hydrogen (secondary N) is 2. The van der Waals surface area contributed by atoms with Crippen molar-refractivity contribution in [3.05, 3.63) is 29.7 Å². The molecular weight excluding hydrogens is 438 g/mol. The van der Waals surface area contributed by atoms with Crippen LogP contribution >= 0.6 is 0 Å². The van der Waals surface area contributed by atoms with Crippen molar-refractivity contribution < 1.29 is 19.5 Å². The number of pyridine rings is 1. The van der Waals surface area contributed by atoms with Gasteiger partial charge in [0, 0.05) is 7.05 Å². The van der Waals surface area contributed by atoms with Crippen molar-refractivity contribution in [1.82, 2.24) is 20.8 Å². The summed E-state index contributed by atoms with van der Waals surface area (Å²) in [5.41, 5.74) is 10.8. The third kappa shape index (κ3) is 6.51. The number of hydroxylamine groups is 1. The first-order valence-electron chi connectivity index (χ1n) is 11.9. The number of guanidine groups is 1. The Balaban J connectivity index is 1.35. The monoisotopic (exact) mass is 473 g/mol. The maximum atomic E-state index is 11.3. The predicted molar refractivity (Wildman–Crippen MR) is 127 cm³/mol. The number of aliphatic imine (C=N–C) groups is 1. The molecular formula is C23H35N7O4. The van der Waals surface area contributed by atoms with Crippen LogP contribution in [0.3, 0.4) is 0 Å². The first kappa shape index (κ1) is 24.1. The molecule has 0 radical (unpaired) electrons. The van der Waals surface area contributed by atoms with Gasteiger partial charge in [0.15, 0.2) is 6.23 Å². The van der Waals surface area contributed by atoms with Gasteiger partial charge in [-0.1, -0.05) is 12.8 Å². The van der Waals surface area contributed by atoms with Gasteiger partial charge in [-0.25, -0.2) is 21.2 Å². The Bertz CT molecular complexity index is 914. The molecule has 3 fully saturated rings. The molecule has 7 N–H and O–H groups in total. The number of hydrogen-bond acceptors (Lipinski definition) is 8. The smallest absolute Gasteiger partial charge is 0.306 e. The lowest BCUT2D eigenvalue weighted by atomic mass is 9.87. The fourth-order valence-electron chi connectivity index (χ4n) is 4.31. The molecule has 11 nitrogen and oxygen atoms in total. The third-order valence-corrected chi connectivity index (χ3v) is 6.54. The van der Waals surface area contributed by atoms with E-state index in [1.807, 2.05) is 0 Å². The Labute approximate surface area is 199 Å². The van der Waals surface area contributed by atoms with Gasteiger partial charge in [-0.2, -0.15) is 0 Å². The van der Waals surface area contributed by atoms with Gasteiger partial charge < -0.3 is 25.9 Å². The number of hydrazine groups is 1. The lowest BCUT2D eigenvalue weighted by Gasteiger charge is -2.27. The van der Waals surface area contributed by atoms with Crippen molar-refractivity contribution in [2.75, 3.05) is 13.6 Å². The Hall–Kier alpha value is -3.05. The number of carboxylic acids is 1. The second-order valence-electron chi connectivity index (χ2n) is 9.33. The van der Waals surface area contributed by atoms with E-state index in [1.54, 1.807) is 25.4 Å². The van der Waals surface area contributed by atoms with Crippen molar-refractivity contribution in [1.29, 1.82) is 0 Å². The van der Waals surface area contributed by atoms with Crippen LogP contribution in [-0.4, -0.2) is 53.0 Å². The van der Waals surface area contributed by atoms with Crippen molar-refractivity contribution in [2.24, 2.45) is 28.4 Å². The largest absolute Gasteiger partial charge is 0.489 e. The second kappa shape index (κ2) is 10.9. The number of aromatic nitrogens is 1. The molecule has 1 saturated heterocycles. The first-order valence-corrected chi connectivity index (χ1v) is 11.9. The molecule has 11 heteroatoms. The van der Waals surface area contributed by atoms with Gasteiger partial charge in [0.05, 0.1) is 41.9 Å². The second-order valence-corrected chi connectivity index (χ2v) is 9.33. The highest BCUT2D eigenvalue weighted by Crippen LogP contribution is 2.34. The molecule has 3 aliphatic rings. The van der Waals surface area contributed by atoms with E-state index in [4.69, 9.17) is 21.2 Å². The summed E-state index contributed by atoms with van der Waals surface area (Å²) in [4.78, 5) is 25.7. The van der Waals surface area contributed by atoms with E-state index in [0.29, 0.717) is 41.6 Å². The number of rotatable bonds is 10. The molecule has 2 saturated carbocycles. The first-order chi connectivity index (χ1) is 16.4. The fourth-order valence-corrected chi connectivity index (χ4v) is 4.31. The van der Waals surface area contributed by atoms with Gasteiger partial charge in [0.1, 0.15) is 5.75 Å². The Morgan fingerprint density at radius 1 is 1.32 bits per heavy atom. The van der Waals surface area contributed by atoms with Crippen molar-refractivity contribution >= 4 is 17.6 Å². The van der Waals surface area contributed by atoms with Gasteiger partial charge in [-0.15, -0.1) is 0 Å². The SMILES string of the molecule is CN(N)/C(CN=C1NOC(CCC2CC2)N1)=C(\N)c1ccc(OC2CCC[C@H](C(=O)O)C2)cn1. The molecule has 2 unspecified atom stereocenters. The molecule has 2 aliphatic carbocycles. The number of aliphatic carboxylic acids is 1. The van der Waals surface area contributed by atoms with Gasteiger partial charge in [0.25, 0.3) is 0 Å². The van der Waals surface area contributed by atoms with Gasteiger partial charge in [-0.05, 0) is 56.6 Å². The van der Waals surface area contributed by atoms with Crippen LogP contribution in [0.2, 0.25) is 0 Å². The van der Waals surface area contributed by atoms with E-state index in [1.165, 1.54) is 17.9 Å². The zero-order valence-electron chi connectivity index (χ0n) is 19.6. The topological polar surface area (TPSA) is 160 Å². The summed E-state index contributed by atoms with van der Waals surface area (Å²) in [6.45, 7) is 0.242. The number of likely N-dealkylation sites (N-methyl/N-ethyl adjacent to an activating group) is 1. The van der Waals surface area contributed by atoms with E-state index in [0.717, 1.165) is 31.6 Å². The van der Waals surface area contributed by atoms with E-state index in [2.05, 4.69) is 20.8 Å². The van der Waals surface area contributed by atoms with Crippen LogP contribution in [0.5, 0.6) is 5.75 Å². The predicted octanol–water partition coefficient (Wildman–Crippen LogP) is 1.53. The third-order valence-electron chi connectivity index (χ3n) is 6.54. The summed E-state index contributed by atoms with van der Waals surface area (Å²) in [6, 6.07) is 3.56. The van der Waals surface area contributed by atoms with E-state index in [9.17, 15) is 9.90 Å². The normalized spacial score (nSPS) is 26.4. The van der Waals surface area contributed by atoms with Crippen molar-refractivity contribution in [2.45, 2.75) is 63.7 Å². The molecule has 0 aromatic carbocycles.